The zero-order valence-electron chi connectivity index (χ0n) is 15.8. The first-order valence-corrected chi connectivity index (χ1v) is 9.25. The van der Waals surface area contributed by atoms with Crippen molar-refractivity contribution in [3.05, 3.63) is 90.3 Å². The number of pyridine rings is 1. The number of rotatable bonds is 8. The SMILES string of the molecule is CC(OCc1ccccc1)[C@@H](CO)NC(=O)c1ccc(-c2ccncc2)cc1. The fourth-order valence-corrected chi connectivity index (χ4v) is 2.84. The molecule has 2 aromatic carbocycles. The number of benzene rings is 2. The molecule has 0 aliphatic heterocycles. The number of ether oxygens (including phenoxy) is 1. The third-order valence-electron chi connectivity index (χ3n) is 4.60. The van der Waals surface area contributed by atoms with Gasteiger partial charge in [0.15, 0.2) is 0 Å². The Morgan fingerprint density at radius 1 is 1.00 bits per heavy atom. The summed E-state index contributed by atoms with van der Waals surface area (Å²) in [5.74, 6) is -0.240. The Labute approximate surface area is 165 Å². The molecule has 1 amide bonds. The molecule has 0 radical (unpaired) electrons. The molecule has 1 aromatic heterocycles. The van der Waals surface area contributed by atoms with Gasteiger partial charge in [0.1, 0.15) is 0 Å². The van der Waals surface area contributed by atoms with E-state index in [1.807, 2.05) is 61.5 Å². The minimum atomic E-state index is -0.490. The van der Waals surface area contributed by atoms with Gasteiger partial charge in [-0.3, -0.25) is 9.78 Å². The van der Waals surface area contributed by atoms with Gasteiger partial charge in [0, 0.05) is 18.0 Å². The summed E-state index contributed by atoms with van der Waals surface area (Å²) in [5, 5.41) is 12.5. The standard InChI is InChI=1S/C23H24N2O3/c1-17(28-16-18-5-3-2-4-6-18)22(15-26)25-23(27)21-9-7-19(8-10-21)20-11-13-24-14-12-20/h2-14,17,22,26H,15-16H2,1H3,(H,25,27)/t17?,22-/m1/s1. The summed E-state index contributed by atoms with van der Waals surface area (Å²) >= 11 is 0. The predicted octanol–water partition coefficient (Wildman–Crippen LogP) is 3.44. The van der Waals surface area contributed by atoms with Crippen molar-refractivity contribution in [1.29, 1.82) is 0 Å². The lowest BCUT2D eigenvalue weighted by atomic mass is 10.0. The molecule has 28 heavy (non-hydrogen) atoms. The number of nitrogens with zero attached hydrogens (tertiary/aromatic N) is 1. The third-order valence-corrected chi connectivity index (χ3v) is 4.60. The van der Waals surface area contributed by atoms with Gasteiger partial charge in [0.25, 0.3) is 5.91 Å². The van der Waals surface area contributed by atoms with Gasteiger partial charge in [-0.25, -0.2) is 0 Å². The third kappa shape index (κ3) is 5.25. The topological polar surface area (TPSA) is 71.5 Å². The second kappa shape index (κ2) is 9.78. The minimum Gasteiger partial charge on any atom is -0.394 e. The largest absolute Gasteiger partial charge is 0.394 e. The Kier molecular flexibility index (Phi) is 6.89. The molecule has 1 unspecified atom stereocenters. The summed E-state index contributed by atoms with van der Waals surface area (Å²) in [5.41, 5.74) is 3.63. The zero-order valence-corrected chi connectivity index (χ0v) is 15.8. The van der Waals surface area contributed by atoms with Crippen LogP contribution in [0.4, 0.5) is 0 Å². The van der Waals surface area contributed by atoms with Crippen LogP contribution in [0.25, 0.3) is 11.1 Å². The van der Waals surface area contributed by atoms with Gasteiger partial charge in [-0.15, -0.1) is 0 Å². The maximum Gasteiger partial charge on any atom is 0.251 e. The molecule has 5 heteroatoms. The van der Waals surface area contributed by atoms with Crippen LogP contribution in [0.5, 0.6) is 0 Å². The van der Waals surface area contributed by atoms with Crippen LogP contribution in [-0.4, -0.2) is 34.8 Å². The summed E-state index contributed by atoms with van der Waals surface area (Å²) in [6.07, 6.45) is 3.14. The average molecular weight is 376 g/mol. The Hall–Kier alpha value is -3.02. The maximum absolute atomic E-state index is 12.6. The van der Waals surface area contributed by atoms with Crippen molar-refractivity contribution in [3.63, 3.8) is 0 Å². The first kappa shape index (κ1) is 19.7. The molecule has 5 nitrogen and oxygen atoms in total. The van der Waals surface area contributed by atoms with Gasteiger partial charge >= 0.3 is 0 Å². The van der Waals surface area contributed by atoms with Crippen LogP contribution in [-0.2, 0) is 11.3 Å². The summed E-state index contributed by atoms with van der Waals surface area (Å²) < 4.78 is 5.81. The molecule has 0 spiro atoms. The molecular weight excluding hydrogens is 352 g/mol. The molecule has 0 saturated heterocycles. The monoisotopic (exact) mass is 376 g/mol. The van der Waals surface area contributed by atoms with E-state index < -0.39 is 6.04 Å². The van der Waals surface area contributed by atoms with E-state index in [0.29, 0.717) is 12.2 Å². The van der Waals surface area contributed by atoms with Gasteiger partial charge in [0.2, 0.25) is 0 Å². The lowest BCUT2D eigenvalue weighted by Crippen LogP contribution is -2.45. The average Bonchev–Trinajstić information content (AvgIpc) is 2.77. The van der Waals surface area contributed by atoms with Crippen LogP contribution in [0.1, 0.15) is 22.8 Å². The number of nitrogens with one attached hydrogen (secondary N) is 1. The van der Waals surface area contributed by atoms with Gasteiger partial charge in [-0.1, -0.05) is 42.5 Å². The Morgan fingerprint density at radius 2 is 1.64 bits per heavy atom. The summed E-state index contributed by atoms with van der Waals surface area (Å²) in [7, 11) is 0. The number of hydrogen-bond acceptors (Lipinski definition) is 4. The summed E-state index contributed by atoms with van der Waals surface area (Å²) in [4.78, 5) is 16.6. The fraction of sp³-hybridized carbons (Fsp3) is 0.217. The number of aliphatic hydroxyl groups is 1. The lowest BCUT2D eigenvalue weighted by Gasteiger charge is -2.23. The normalized spacial score (nSPS) is 12.9. The molecule has 0 aliphatic rings. The molecule has 2 atom stereocenters. The Morgan fingerprint density at radius 3 is 2.29 bits per heavy atom. The van der Waals surface area contributed by atoms with Gasteiger partial charge in [0.05, 0.1) is 25.4 Å². The molecule has 0 saturated carbocycles. The molecule has 0 aliphatic carbocycles. The fourth-order valence-electron chi connectivity index (χ4n) is 2.84. The molecule has 3 aromatic rings. The summed E-state index contributed by atoms with van der Waals surface area (Å²) in [6.45, 7) is 2.07. The van der Waals surface area contributed by atoms with Crippen LogP contribution in [0.15, 0.2) is 79.1 Å². The first-order chi connectivity index (χ1) is 13.7. The highest BCUT2D eigenvalue weighted by molar-refractivity contribution is 5.94. The molecule has 144 valence electrons. The number of aliphatic hydroxyl groups excluding tert-OH is 1. The van der Waals surface area contributed by atoms with E-state index >= 15 is 0 Å². The molecule has 2 N–H and O–H groups in total. The van der Waals surface area contributed by atoms with Crippen LogP contribution < -0.4 is 5.32 Å². The number of carbonyl (C=O) groups is 1. The van der Waals surface area contributed by atoms with E-state index in [-0.39, 0.29) is 18.6 Å². The van der Waals surface area contributed by atoms with Crippen LogP contribution in [0, 0.1) is 0 Å². The molecular formula is C23H24N2O3. The quantitative estimate of drug-likeness (QED) is 0.632. The number of amides is 1. The lowest BCUT2D eigenvalue weighted by molar-refractivity contribution is 0.0119. The van der Waals surface area contributed by atoms with Gasteiger partial charge < -0.3 is 15.2 Å². The molecule has 0 fully saturated rings. The summed E-state index contributed by atoms with van der Waals surface area (Å²) in [6, 6.07) is 20.5. The maximum atomic E-state index is 12.6. The molecule has 0 bridgehead atoms. The Bertz CT molecular complexity index is 867. The van der Waals surface area contributed by atoms with Crippen LogP contribution in [0.2, 0.25) is 0 Å². The molecule has 3 rings (SSSR count). The zero-order chi connectivity index (χ0) is 19.8. The highest BCUT2D eigenvalue weighted by Gasteiger charge is 2.20. The van der Waals surface area contributed by atoms with Crippen molar-refractivity contribution < 1.29 is 14.6 Å². The van der Waals surface area contributed by atoms with E-state index in [2.05, 4.69) is 10.3 Å². The Balaban J connectivity index is 1.58. The van der Waals surface area contributed by atoms with E-state index in [9.17, 15) is 9.90 Å². The first-order valence-electron chi connectivity index (χ1n) is 9.25. The second-order valence-electron chi connectivity index (χ2n) is 6.58. The minimum absolute atomic E-state index is 0.198. The van der Waals surface area contributed by atoms with E-state index in [1.54, 1.807) is 24.5 Å². The van der Waals surface area contributed by atoms with Crippen molar-refractivity contribution in [3.8, 4) is 11.1 Å². The van der Waals surface area contributed by atoms with Crippen molar-refractivity contribution in [2.24, 2.45) is 0 Å². The highest BCUT2D eigenvalue weighted by atomic mass is 16.5. The van der Waals surface area contributed by atoms with E-state index in [1.165, 1.54) is 0 Å². The van der Waals surface area contributed by atoms with Crippen LogP contribution >= 0.6 is 0 Å². The van der Waals surface area contributed by atoms with Gasteiger partial charge in [-0.05, 0) is 47.9 Å². The number of aromatic nitrogens is 1. The molecule has 1 heterocycles. The number of carbonyl (C=O) groups excluding carboxylic acids is 1. The van der Waals surface area contributed by atoms with Crippen molar-refractivity contribution in [2.45, 2.75) is 25.7 Å². The second-order valence-corrected chi connectivity index (χ2v) is 6.58. The predicted molar refractivity (Wildman–Crippen MR) is 109 cm³/mol. The smallest absolute Gasteiger partial charge is 0.251 e. The van der Waals surface area contributed by atoms with Crippen LogP contribution in [0.3, 0.4) is 0 Å². The number of hydrogen-bond donors (Lipinski definition) is 2. The van der Waals surface area contributed by atoms with Crippen molar-refractivity contribution >= 4 is 5.91 Å². The highest BCUT2D eigenvalue weighted by Crippen LogP contribution is 2.18. The van der Waals surface area contributed by atoms with Crippen molar-refractivity contribution in [1.82, 2.24) is 10.3 Å². The van der Waals surface area contributed by atoms with Crippen molar-refractivity contribution in [2.75, 3.05) is 6.61 Å². The van der Waals surface area contributed by atoms with Gasteiger partial charge in [-0.2, -0.15) is 0 Å². The van der Waals surface area contributed by atoms with E-state index in [4.69, 9.17) is 4.74 Å². The van der Waals surface area contributed by atoms with E-state index in [0.717, 1.165) is 16.7 Å².